The average molecular weight is 169 g/mol. The number of rotatable bonds is 1. The number of hydrogen-bond acceptors (Lipinski definition) is 2. The second kappa shape index (κ2) is 5.68. The van der Waals surface area contributed by atoms with Gasteiger partial charge >= 0.3 is 57.4 Å². The summed E-state index contributed by atoms with van der Waals surface area (Å²) in [5.74, 6) is -0.713. The molecule has 54 valence electrons. The van der Waals surface area contributed by atoms with Crippen molar-refractivity contribution >= 4 is 5.97 Å². The van der Waals surface area contributed by atoms with Gasteiger partial charge in [0, 0.05) is 0 Å². The zero-order valence-corrected chi connectivity index (χ0v) is 9.38. The van der Waals surface area contributed by atoms with Gasteiger partial charge in [-0.2, -0.15) is 0 Å². The van der Waals surface area contributed by atoms with Gasteiger partial charge in [-0.05, 0) is 19.4 Å². The van der Waals surface area contributed by atoms with Crippen molar-refractivity contribution in [3.8, 4) is 0 Å². The molecular weight excluding hydrogens is 157 g/mol. The molecular formula is C6H12KNO2. The standard InChI is InChI=1S/C6H11NO2.K.H/c8-6(9)5-3-1-2-4-7-5;;/h5,7H,1-4H2,(H,8,9);;/q;+1;-1. The van der Waals surface area contributed by atoms with Crippen molar-refractivity contribution in [3.63, 3.8) is 0 Å². The normalized spacial score (nSPS) is 25.0. The molecule has 1 heterocycles. The summed E-state index contributed by atoms with van der Waals surface area (Å²) in [6.45, 7) is 0.858. The van der Waals surface area contributed by atoms with Crippen molar-refractivity contribution in [1.82, 2.24) is 5.32 Å². The first-order valence-corrected chi connectivity index (χ1v) is 3.27. The molecule has 0 aromatic rings. The van der Waals surface area contributed by atoms with E-state index in [1.54, 1.807) is 0 Å². The Bertz CT molecular complexity index is 117. The summed E-state index contributed by atoms with van der Waals surface area (Å²) in [5.41, 5.74) is 0. The molecule has 2 N–H and O–H groups in total. The molecule has 0 bridgehead atoms. The molecule has 1 fully saturated rings. The monoisotopic (exact) mass is 169 g/mol. The molecule has 1 rings (SSSR count). The second-order valence-electron chi connectivity index (χ2n) is 2.34. The predicted molar refractivity (Wildman–Crippen MR) is 34.4 cm³/mol. The van der Waals surface area contributed by atoms with Crippen molar-refractivity contribution < 1.29 is 62.7 Å². The third kappa shape index (κ3) is 3.46. The molecule has 1 saturated heterocycles. The summed E-state index contributed by atoms with van der Waals surface area (Å²) in [6.07, 6.45) is 2.95. The number of carboxylic acid groups (broad SMARTS) is 1. The number of carbonyl (C=O) groups is 1. The number of hydrogen-bond donors (Lipinski definition) is 2. The summed E-state index contributed by atoms with van der Waals surface area (Å²) in [7, 11) is 0. The van der Waals surface area contributed by atoms with Gasteiger partial charge in [0.05, 0.1) is 0 Å². The van der Waals surface area contributed by atoms with E-state index >= 15 is 0 Å². The maximum absolute atomic E-state index is 10.3. The summed E-state index contributed by atoms with van der Waals surface area (Å²) in [5, 5.41) is 11.4. The van der Waals surface area contributed by atoms with E-state index < -0.39 is 5.97 Å². The van der Waals surface area contributed by atoms with E-state index in [1.165, 1.54) is 0 Å². The molecule has 0 radical (unpaired) electrons. The maximum atomic E-state index is 10.3. The second-order valence-corrected chi connectivity index (χ2v) is 2.34. The summed E-state index contributed by atoms with van der Waals surface area (Å²) < 4.78 is 0. The van der Waals surface area contributed by atoms with Crippen LogP contribution in [-0.2, 0) is 4.79 Å². The van der Waals surface area contributed by atoms with Gasteiger partial charge in [-0.15, -0.1) is 0 Å². The van der Waals surface area contributed by atoms with Gasteiger partial charge < -0.3 is 11.8 Å². The molecule has 1 aliphatic heterocycles. The van der Waals surface area contributed by atoms with Crippen LogP contribution >= 0.6 is 0 Å². The van der Waals surface area contributed by atoms with Crippen LogP contribution in [0.2, 0.25) is 0 Å². The van der Waals surface area contributed by atoms with Crippen LogP contribution in [0, 0.1) is 0 Å². The van der Waals surface area contributed by atoms with Crippen molar-refractivity contribution in [2.24, 2.45) is 0 Å². The number of piperidine rings is 1. The van der Waals surface area contributed by atoms with Crippen molar-refractivity contribution in [3.05, 3.63) is 0 Å². The minimum absolute atomic E-state index is 0. The molecule has 0 spiro atoms. The summed E-state index contributed by atoms with van der Waals surface area (Å²) in [6, 6.07) is -0.279. The van der Waals surface area contributed by atoms with Gasteiger partial charge in [0.25, 0.3) is 0 Å². The average Bonchev–Trinajstić information content (AvgIpc) is 1.90. The Morgan fingerprint density at radius 1 is 1.60 bits per heavy atom. The van der Waals surface area contributed by atoms with Gasteiger partial charge in [0.15, 0.2) is 0 Å². The molecule has 0 amide bonds. The van der Waals surface area contributed by atoms with Gasteiger partial charge in [-0.25, -0.2) is 0 Å². The zero-order valence-electron chi connectivity index (χ0n) is 7.26. The Balaban J connectivity index is 0. The first kappa shape index (κ1) is 11.1. The van der Waals surface area contributed by atoms with Crippen LogP contribution in [-0.4, -0.2) is 23.7 Å². The molecule has 3 nitrogen and oxygen atoms in total. The Morgan fingerprint density at radius 3 is 2.60 bits per heavy atom. The quantitative estimate of drug-likeness (QED) is 0.421. The minimum atomic E-state index is -0.713. The van der Waals surface area contributed by atoms with Crippen LogP contribution in [0.4, 0.5) is 0 Å². The number of aliphatic carboxylic acids is 1. The van der Waals surface area contributed by atoms with Gasteiger partial charge in [-0.1, -0.05) is 6.42 Å². The molecule has 10 heavy (non-hydrogen) atoms. The first-order chi connectivity index (χ1) is 4.30. The van der Waals surface area contributed by atoms with E-state index in [4.69, 9.17) is 5.11 Å². The van der Waals surface area contributed by atoms with Gasteiger partial charge in [-0.3, -0.25) is 4.79 Å². The molecule has 1 aliphatic rings. The Labute approximate surface area is 104 Å². The van der Waals surface area contributed by atoms with Crippen molar-refractivity contribution in [2.75, 3.05) is 6.54 Å². The van der Waals surface area contributed by atoms with E-state index in [0.717, 1.165) is 25.8 Å². The van der Waals surface area contributed by atoms with Crippen LogP contribution in [0.15, 0.2) is 0 Å². The van der Waals surface area contributed by atoms with E-state index in [1.807, 2.05) is 0 Å². The fraction of sp³-hybridized carbons (Fsp3) is 0.833. The molecule has 0 aliphatic carbocycles. The summed E-state index contributed by atoms with van der Waals surface area (Å²) >= 11 is 0. The van der Waals surface area contributed by atoms with E-state index in [-0.39, 0.29) is 58.9 Å². The fourth-order valence-corrected chi connectivity index (χ4v) is 1.06. The van der Waals surface area contributed by atoms with Crippen LogP contribution in [0.1, 0.15) is 20.7 Å². The summed E-state index contributed by atoms with van der Waals surface area (Å²) in [4.78, 5) is 10.3. The third-order valence-corrected chi connectivity index (χ3v) is 1.61. The maximum Gasteiger partial charge on any atom is 1.00 e. The van der Waals surface area contributed by atoms with Crippen LogP contribution in [0.25, 0.3) is 0 Å². The van der Waals surface area contributed by atoms with E-state index in [9.17, 15) is 4.79 Å². The smallest absolute Gasteiger partial charge is 1.00 e. The number of carboxylic acids is 1. The minimum Gasteiger partial charge on any atom is -1.00 e. The Hall–Kier alpha value is 1.07. The van der Waals surface area contributed by atoms with Crippen molar-refractivity contribution in [2.45, 2.75) is 25.3 Å². The van der Waals surface area contributed by atoms with Gasteiger partial charge in [0.2, 0.25) is 0 Å². The topological polar surface area (TPSA) is 49.3 Å². The third-order valence-electron chi connectivity index (χ3n) is 1.61. The Morgan fingerprint density at radius 2 is 2.30 bits per heavy atom. The van der Waals surface area contributed by atoms with Crippen LogP contribution in [0.5, 0.6) is 0 Å². The predicted octanol–water partition coefficient (Wildman–Crippen LogP) is -2.67. The number of nitrogens with one attached hydrogen (secondary N) is 1. The molecule has 1 atom stereocenters. The molecule has 1 unspecified atom stereocenters. The molecule has 0 aromatic carbocycles. The van der Waals surface area contributed by atoms with Crippen molar-refractivity contribution in [1.29, 1.82) is 0 Å². The molecule has 0 saturated carbocycles. The largest absolute Gasteiger partial charge is 1.00 e. The SMILES string of the molecule is O=C(O)C1CCCCN1.[H-].[K+]. The van der Waals surface area contributed by atoms with Crippen LogP contribution in [0.3, 0.4) is 0 Å². The zero-order chi connectivity index (χ0) is 6.69. The Kier molecular flexibility index (Phi) is 6.29. The van der Waals surface area contributed by atoms with E-state index in [2.05, 4.69) is 5.32 Å². The van der Waals surface area contributed by atoms with Gasteiger partial charge in [0.1, 0.15) is 6.04 Å². The molecule has 0 aromatic heterocycles. The first-order valence-electron chi connectivity index (χ1n) is 3.27. The van der Waals surface area contributed by atoms with E-state index in [0.29, 0.717) is 0 Å². The van der Waals surface area contributed by atoms with Crippen LogP contribution < -0.4 is 56.7 Å². The fourth-order valence-electron chi connectivity index (χ4n) is 1.06. The molecule has 4 heteroatoms.